The Morgan fingerprint density at radius 1 is 1.00 bits per heavy atom. The van der Waals surface area contributed by atoms with Gasteiger partial charge in [0.05, 0.1) is 12.2 Å². The summed E-state index contributed by atoms with van der Waals surface area (Å²) in [6.45, 7) is 29.5. The molecule has 1 fully saturated rings. The topological polar surface area (TPSA) is 54.0 Å². The van der Waals surface area contributed by atoms with Gasteiger partial charge in [-0.25, -0.2) is 0 Å². The van der Waals surface area contributed by atoms with Crippen LogP contribution in [0.2, 0.25) is 43.8 Å². The average Bonchev–Trinajstić information content (AvgIpc) is 3.64. The summed E-state index contributed by atoms with van der Waals surface area (Å²) in [6.07, 6.45) is 16.2. The highest BCUT2D eigenvalue weighted by Crippen LogP contribution is 2.47. The maximum Gasteiger partial charge on any atom is 0.306 e. The normalized spacial score (nSPS) is 20.0. The van der Waals surface area contributed by atoms with Crippen molar-refractivity contribution in [2.24, 2.45) is 11.8 Å². The van der Waals surface area contributed by atoms with E-state index in [1.54, 1.807) is 0 Å². The Labute approximate surface area is 255 Å². The number of unbranched alkanes of at least 4 members (excludes halogenated alkanes) is 3. The Kier molecular flexibility index (Phi) is 17.3. The van der Waals surface area contributed by atoms with Crippen LogP contribution >= 0.6 is 0 Å². The summed E-state index contributed by atoms with van der Waals surface area (Å²) in [5, 5.41) is 0.152. The first-order chi connectivity index (χ1) is 19.1. The Morgan fingerprint density at radius 3 is 2.29 bits per heavy atom. The smallest absolute Gasteiger partial charge is 0.306 e. The maximum atomic E-state index is 12.5. The number of esters is 1. The minimum absolute atomic E-state index is 0.0743. The van der Waals surface area contributed by atoms with E-state index in [0.29, 0.717) is 12.8 Å². The molecule has 0 spiro atoms. The van der Waals surface area contributed by atoms with E-state index in [2.05, 4.69) is 85.7 Å². The first-order valence-electron chi connectivity index (χ1n) is 16.1. The van der Waals surface area contributed by atoms with Crippen molar-refractivity contribution in [1.29, 1.82) is 0 Å². The molecule has 0 heterocycles. The Balaban J connectivity index is 3.03. The number of hydrogen-bond acceptors (Lipinski definition) is 5. The zero-order valence-electron chi connectivity index (χ0n) is 28.1. The lowest BCUT2D eigenvalue weighted by Crippen LogP contribution is -2.43. The zero-order valence-corrected chi connectivity index (χ0v) is 30.1. The average molecular weight is 609 g/mol. The van der Waals surface area contributed by atoms with Crippen molar-refractivity contribution < 1.29 is 23.4 Å². The number of hydrogen-bond donors (Lipinski definition) is 0. The summed E-state index contributed by atoms with van der Waals surface area (Å²) >= 11 is 0. The molecule has 0 aromatic rings. The molecule has 1 aliphatic carbocycles. The maximum absolute atomic E-state index is 12.5. The monoisotopic (exact) mass is 608 g/mol. The van der Waals surface area contributed by atoms with Crippen molar-refractivity contribution in [3.8, 4) is 0 Å². The van der Waals surface area contributed by atoms with E-state index >= 15 is 0 Å². The van der Waals surface area contributed by atoms with E-state index in [0.717, 1.165) is 44.8 Å². The molecular weight excluding hydrogens is 545 g/mol. The molecular formula is C34H64O5Si2. The lowest BCUT2D eigenvalue weighted by molar-refractivity contribution is -0.150. The molecule has 7 heteroatoms. The zero-order chi connectivity index (χ0) is 31.1. The van der Waals surface area contributed by atoms with Crippen LogP contribution in [0.1, 0.15) is 85.5 Å². The predicted octanol–water partition coefficient (Wildman–Crippen LogP) is 9.69. The van der Waals surface area contributed by atoms with Gasteiger partial charge in [0.15, 0.2) is 8.32 Å². The van der Waals surface area contributed by atoms with Gasteiger partial charge in [-0.05, 0) is 55.8 Å². The van der Waals surface area contributed by atoms with Gasteiger partial charge in [-0.3, -0.25) is 4.79 Å². The fourth-order valence-corrected chi connectivity index (χ4v) is 6.66. The van der Waals surface area contributed by atoms with Crippen molar-refractivity contribution >= 4 is 22.4 Å². The minimum Gasteiger partial charge on any atom is -0.462 e. The molecule has 5 atom stereocenters. The summed E-state index contributed by atoms with van der Waals surface area (Å²) < 4.78 is 25.1. The standard InChI is InChI=1S/C34H64O5Si2/c1-12-15-17-20-28(39-41(10,11)34(4,5)6)22-23-31(37-27-36-24-25-40(7,8)9)29-26-30(29)32(19-14-3)38-33(35)21-18-16-13-2/h13-14,22-23,28-32H,2-3,12,15-21,24-27H2,1,4-11H3/b23-22+/t28-,29-,30-,31-,32+/m1/s1. The van der Waals surface area contributed by atoms with Gasteiger partial charge in [0.25, 0.3) is 0 Å². The summed E-state index contributed by atoms with van der Waals surface area (Å²) in [4.78, 5) is 12.5. The van der Waals surface area contributed by atoms with Gasteiger partial charge < -0.3 is 18.6 Å². The lowest BCUT2D eigenvalue weighted by Gasteiger charge is -2.38. The van der Waals surface area contributed by atoms with Gasteiger partial charge >= 0.3 is 5.97 Å². The van der Waals surface area contributed by atoms with Crippen LogP contribution in [0.3, 0.4) is 0 Å². The Bertz CT molecular complexity index is 796. The number of allylic oxidation sites excluding steroid dienone is 1. The molecule has 41 heavy (non-hydrogen) atoms. The number of carbonyl (C=O) groups is 1. The predicted molar refractivity (Wildman–Crippen MR) is 180 cm³/mol. The molecule has 0 bridgehead atoms. The van der Waals surface area contributed by atoms with Gasteiger partial charge in [-0.2, -0.15) is 0 Å². The molecule has 0 radical (unpaired) electrons. The molecule has 238 valence electrons. The molecule has 0 saturated heterocycles. The third-order valence-electron chi connectivity index (χ3n) is 8.46. The van der Waals surface area contributed by atoms with Crippen LogP contribution in [-0.2, 0) is 23.4 Å². The van der Waals surface area contributed by atoms with Crippen LogP contribution in [-0.4, -0.2) is 54.1 Å². The summed E-state index contributed by atoms with van der Waals surface area (Å²) in [5.41, 5.74) is 0. The summed E-state index contributed by atoms with van der Waals surface area (Å²) in [7, 11) is -3.09. The molecule has 0 unspecified atom stereocenters. The molecule has 5 nitrogen and oxygen atoms in total. The van der Waals surface area contributed by atoms with Crippen LogP contribution in [0.15, 0.2) is 37.5 Å². The number of rotatable bonds is 23. The van der Waals surface area contributed by atoms with Crippen LogP contribution in [0.25, 0.3) is 0 Å². The third kappa shape index (κ3) is 15.9. The van der Waals surface area contributed by atoms with Gasteiger partial charge in [0, 0.05) is 33.4 Å². The van der Waals surface area contributed by atoms with Crippen molar-refractivity contribution in [2.75, 3.05) is 13.4 Å². The Hall–Kier alpha value is -0.996. The van der Waals surface area contributed by atoms with Crippen LogP contribution in [0, 0.1) is 11.8 Å². The van der Waals surface area contributed by atoms with Crippen molar-refractivity contribution in [1.82, 2.24) is 0 Å². The molecule has 0 aliphatic heterocycles. The second kappa shape index (κ2) is 18.6. The van der Waals surface area contributed by atoms with E-state index in [1.807, 2.05) is 12.2 Å². The fourth-order valence-electron chi connectivity index (χ4n) is 4.60. The highest BCUT2D eigenvalue weighted by Gasteiger charge is 2.48. The molecule has 1 aliphatic rings. The molecule has 1 saturated carbocycles. The van der Waals surface area contributed by atoms with E-state index in [1.165, 1.54) is 12.8 Å². The Morgan fingerprint density at radius 2 is 1.71 bits per heavy atom. The van der Waals surface area contributed by atoms with Crippen molar-refractivity contribution in [2.45, 2.75) is 148 Å². The first kappa shape index (κ1) is 38.0. The molecule has 0 amide bonds. The van der Waals surface area contributed by atoms with Crippen molar-refractivity contribution in [3.05, 3.63) is 37.5 Å². The summed E-state index contributed by atoms with van der Waals surface area (Å²) in [5.74, 6) is 0.403. The highest BCUT2D eigenvalue weighted by atomic mass is 28.4. The molecule has 0 N–H and O–H groups in total. The van der Waals surface area contributed by atoms with Gasteiger partial charge in [-0.15, -0.1) is 13.2 Å². The second-order valence-electron chi connectivity index (χ2n) is 14.6. The van der Waals surface area contributed by atoms with E-state index < -0.39 is 16.4 Å². The van der Waals surface area contributed by atoms with Gasteiger partial charge in [-0.1, -0.05) is 90.9 Å². The van der Waals surface area contributed by atoms with Crippen molar-refractivity contribution in [3.63, 3.8) is 0 Å². The molecule has 0 aromatic heterocycles. The number of carbonyl (C=O) groups excluding carboxylic acids is 1. The SMILES string of the molecule is C=CCCCC(=O)O[C@@H](CC=C)[C@@H]1C[C@H]1[C@@H](/C=C/[C@@H](CCCCC)O[Si](C)(C)C(C)(C)C)OCOCC[Si](C)(C)C. The molecule has 1 rings (SSSR count). The van der Waals surface area contributed by atoms with Crippen LogP contribution < -0.4 is 0 Å². The minimum atomic E-state index is -1.93. The summed E-state index contributed by atoms with van der Waals surface area (Å²) in [6, 6.07) is 1.12. The van der Waals surface area contributed by atoms with Crippen LogP contribution in [0.4, 0.5) is 0 Å². The van der Waals surface area contributed by atoms with E-state index in [9.17, 15) is 4.79 Å². The van der Waals surface area contributed by atoms with E-state index in [4.69, 9.17) is 18.6 Å². The van der Waals surface area contributed by atoms with Gasteiger partial charge in [0.2, 0.25) is 0 Å². The fraction of sp³-hybridized carbons (Fsp3) is 0.794. The third-order valence-corrected chi connectivity index (χ3v) is 14.7. The van der Waals surface area contributed by atoms with Gasteiger partial charge in [0.1, 0.15) is 12.9 Å². The first-order valence-corrected chi connectivity index (χ1v) is 22.7. The van der Waals surface area contributed by atoms with Crippen LogP contribution in [0.5, 0.6) is 0 Å². The molecule has 0 aromatic carbocycles. The van der Waals surface area contributed by atoms with E-state index in [-0.39, 0.29) is 47.9 Å². The lowest BCUT2D eigenvalue weighted by atomic mass is 10.1. The highest BCUT2D eigenvalue weighted by molar-refractivity contribution is 6.76. The quantitative estimate of drug-likeness (QED) is 0.0380. The second-order valence-corrected chi connectivity index (χ2v) is 24.9. The number of ether oxygens (including phenoxy) is 3. The largest absolute Gasteiger partial charge is 0.462 e.